The van der Waals surface area contributed by atoms with Crippen LogP contribution in [0.25, 0.3) is 5.69 Å². The maximum absolute atomic E-state index is 12.4. The summed E-state index contributed by atoms with van der Waals surface area (Å²) >= 11 is 17.8. The first-order chi connectivity index (χ1) is 11.0. The molecule has 0 aliphatic heterocycles. The zero-order chi connectivity index (χ0) is 16.4. The number of aromatic nitrogens is 3. The Balaban J connectivity index is 1.94. The van der Waals surface area contributed by atoms with E-state index in [9.17, 15) is 4.79 Å². The normalized spacial score (nSPS) is 10.6. The molecule has 116 valence electrons. The van der Waals surface area contributed by atoms with Gasteiger partial charge in [-0.3, -0.25) is 4.79 Å². The fraction of sp³-hybridized carbons (Fsp3) is 0. The van der Waals surface area contributed by atoms with Crippen molar-refractivity contribution in [3.63, 3.8) is 0 Å². The summed E-state index contributed by atoms with van der Waals surface area (Å²) in [7, 11) is 0. The topological polar surface area (TPSA) is 59.8 Å². The van der Waals surface area contributed by atoms with Crippen molar-refractivity contribution in [2.24, 2.45) is 0 Å². The van der Waals surface area contributed by atoms with E-state index < -0.39 is 0 Å². The number of anilines is 1. The van der Waals surface area contributed by atoms with Crippen LogP contribution >= 0.6 is 34.8 Å². The lowest BCUT2D eigenvalue weighted by atomic mass is 10.2. The van der Waals surface area contributed by atoms with Crippen LogP contribution in [0, 0.1) is 0 Å². The zero-order valence-corrected chi connectivity index (χ0v) is 13.8. The molecule has 5 nitrogen and oxygen atoms in total. The summed E-state index contributed by atoms with van der Waals surface area (Å²) in [5, 5.41) is 8.02. The number of halogens is 3. The van der Waals surface area contributed by atoms with Crippen molar-refractivity contribution >= 4 is 46.4 Å². The number of hydrogen-bond acceptors (Lipinski definition) is 3. The molecule has 0 bridgehead atoms. The van der Waals surface area contributed by atoms with Gasteiger partial charge in [0.05, 0.1) is 21.4 Å². The maximum atomic E-state index is 12.4. The van der Waals surface area contributed by atoms with E-state index in [-0.39, 0.29) is 5.91 Å². The molecule has 3 aromatic rings. The van der Waals surface area contributed by atoms with Crippen LogP contribution in [-0.2, 0) is 0 Å². The van der Waals surface area contributed by atoms with Gasteiger partial charge in [-0.1, -0.05) is 34.8 Å². The summed E-state index contributed by atoms with van der Waals surface area (Å²) in [6.45, 7) is 0. The van der Waals surface area contributed by atoms with Crippen molar-refractivity contribution in [1.82, 2.24) is 14.8 Å². The van der Waals surface area contributed by atoms with E-state index in [4.69, 9.17) is 34.8 Å². The third-order valence-corrected chi connectivity index (χ3v) is 4.03. The molecule has 8 heteroatoms. The van der Waals surface area contributed by atoms with Gasteiger partial charge >= 0.3 is 0 Å². The summed E-state index contributed by atoms with van der Waals surface area (Å²) in [6, 6.07) is 9.72. The first-order valence-electron chi connectivity index (χ1n) is 6.45. The summed E-state index contributed by atoms with van der Waals surface area (Å²) < 4.78 is 1.53. The Kier molecular flexibility index (Phi) is 4.52. The van der Waals surface area contributed by atoms with E-state index in [1.807, 2.05) is 0 Å². The van der Waals surface area contributed by atoms with Gasteiger partial charge in [0.2, 0.25) is 0 Å². The van der Waals surface area contributed by atoms with Crippen LogP contribution in [0.4, 0.5) is 5.69 Å². The average Bonchev–Trinajstić information content (AvgIpc) is 3.04. The van der Waals surface area contributed by atoms with Crippen molar-refractivity contribution in [1.29, 1.82) is 0 Å². The number of nitrogens with zero attached hydrogens (tertiary/aromatic N) is 3. The number of hydrogen-bond donors (Lipinski definition) is 1. The van der Waals surface area contributed by atoms with Gasteiger partial charge in [-0.25, -0.2) is 9.67 Å². The highest BCUT2D eigenvalue weighted by Gasteiger charge is 2.13. The number of benzene rings is 2. The largest absolute Gasteiger partial charge is 0.320 e. The fourth-order valence-corrected chi connectivity index (χ4v) is 2.44. The standard InChI is InChI=1S/C15H9Cl3N4O/c16-10-2-4-14(22-8-19-7-20-22)13(6-10)21-15(23)9-1-3-11(17)12(18)5-9/h1-8H,(H,21,23). The summed E-state index contributed by atoms with van der Waals surface area (Å²) in [5.74, 6) is -0.341. The van der Waals surface area contributed by atoms with Gasteiger partial charge in [0.1, 0.15) is 12.7 Å². The number of rotatable bonds is 3. The molecule has 1 N–H and O–H groups in total. The molecule has 2 aromatic carbocycles. The Morgan fingerprint density at radius 1 is 1.04 bits per heavy atom. The van der Waals surface area contributed by atoms with E-state index >= 15 is 0 Å². The zero-order valence-electron chi connectivity index (χ0n) is 11.5. The van der Waals surface area contributed by atoms with Crippen molar-refractivity contribution in [3.05, 3.63) is 69.7 Å². The lowest BCUT2D eigenvalue weighted by molar-refractivity contribution is 0.102. The highest BCUT2D eigenvalue weighted by molar-refractivity contribution is 6.42. The van der Waals surface area contributed by atoms with Gasteiger partial charge in [0, 0.05) is 10.6 Å². The van der Waals surface area contributed by atoms with Crippen LogP contribution in [0.1, 0.15) is 10.4 Å². The summed E-state index contributed by atoms with van der Waals surface area (Å²) in [6.07, 6.45) is 2.93. The van der Waals surface area contributed by atoms with Gasteiger partial charge < -0.3 is 5.32 Å². The monoisotopic (exact) mass is 366 g/mol. The minimum atomic E-state index is -0.341. The number of carbonyl (C=O) groups is 1. The van der Waals surface area contributed by atoms with Crippen molar-refractivity contribution in [3.8, 4) is 5.69 Å². The molecule has 23 heavy (non-hydrogen) atoms. The van der Waals surface area contributed by atoms with Crippen LogP contribution < -0.4 is 5.32 Å². The molecule has 3 rings (SSSR count). The molecule has 0 saturated heterocycles. The van der Waals surface area contributed by atoms with Gasteiger partial charge in [0.15, 0.2) is 0 Å². The Morgan fingerprint density at radius 3 is 2.57 bits per heavy atom. The molecule has 0 spiro atoms. The van der Waals surface area contributed by atoms with E-state index in [0.717, 1.165) is 0 Å². The molecule has 0 radical (unpaired) electrons. The Bertz CT molecular complexity index is 865. The molecule has 0 aliphatic carbocycles. The molecule has 0 unspecified atom stereocenters. The van der Waals surface area contributed by atoms with Gasteiger partial charge in [-0.15, -0.1) is 0 Å². The van der Waals surface area contributed by atoms with E-state index in [1.165, 1.54) is 23.4 Å². The second-order valence-electron chi connectivity index (χ2n) is 4.58. The summed E-state index contributed by atoms with van der Waals surface area (Å²) in [5.41, 5.74) is 1.52. The number of nitrogens with one attached hydrogen (secondary N) is 1. The molecule has 0 fully saturated rings. The van der Waals surface area contributed by atoms with Crippen molar-refractivity contribution in [2.45, 2.75) is 0 Å². The summed E-state index contributed by atoms with van der Waals surface area (Å²) in [4.78, 5) is 16.3. The SMILES string of the molecule is O=C(Nc1cc(Cl)ccc1-n1cncn1)c1ccc(Cl)c(Cl)c1. The molecule has 1 aromatic heterocycles. The molecule has 0 aliphatic rings. The maximum Gasteiger partial charge on any atom is 0.255 e. The van der Waals surface area contributed by atoms with E-state index in [2.05, 4.69) is 15.4 Å². The van der Waals surface area contributed by atoms with Crippen molar-refractivity contribution in [2.75, 3.05) is 5.32 Å². The Morgan fingerprint density at radius 2 is 1.87 bits per heavy atom. The quantitative estimate of drug-likeness (QED) is 0.742. The Labute approximate surface area is 146 Å². The van der Waals surface area contributed by atoms with Crippen LogP contribution in [-0.4, -0.2) is 20.7 Å². The van der Waals surface area contributed by atoms with Crippen LogP contribution in [0.5, 0.6) is 0 Å². The smallest absolute Gasteiger partial charge is 0.255 e. The second kappa shape index (κ2) is 6.58. The van der Waals surface area contributed by atoms with Gasteiger partial charge in [-0.05, 0) is 36.4 Å². The minimum Gasteiger partial charge on any atom is -0.320 e. The van der Waals surface area contributed by atoms with E-state index in [0.29, 0.717) is 32.0 Å². The fourth-order valence-electron chi connectivity index (χ4n) is 1.97. The van der Waals surface area contributed by atoms with Crippen LogP contribution in [0.2, 0.25) is 15.1 Å². The number of amides is 1. The van der Waals surface area contributed by atoms with Crippen LogP contribution in [0.3, 0.4) is 0 Å². The molecule has 1 amide bonds. The van der Waals surface area contributed by atoms with Crippen molar-refractivity contribution < 1.29 is 4.79 Å². The average molecular weight is 368 g/mol. The predicted octanol–water partition coefficient (Wildman–Crippen LogP) is 4.48. The predicted molar refractivity (Wildman–Crippen MR) is 90.8 cm³/mol. The van der Waals surface area contributed by atoms with Crippen LogP contribution in [0.15, 0.2) is 49.1 Å². The molecule has 0 saturated carbocycles. The lowest BCUT2D eigenvalue weighted by Crippen LogP contribution is -2.14. The van der Waals surface area contributed by atoms with E-state index in [1.54, 1.807) is 30.3 Å². The molecule has 0 atom stereocenters. The lowest BCUT2D eigenvalue weighted by Gasteiger charge is -2.11. The first-order valence-corrected chi connectivity index (χ1v) is 7.59. The minimum absolute atomic E-state index is 0.307. The third kappa shape index (κ3) is 3.47. The molecular weight excluding hydrogens is 359 g/mol. The highest BCUT2D eigenvalue weighted by Crippen LogP contribution is 2.26. The highest BCUT2D eigenvalue weighted by atomic mass is 35.5. The van der Waals surface area contributed by atoms with Gasteiger partial charge in [-0.2, -0.15) is 5.10 Å². The molecule has 1 heterocycles. The Hall–Kier alpha value is -2.08. The second-order valence-corrected chi connectivity index (χ2v) is 5.84. The third-order valence-electron chi connectivity index (χ3n) is 3.05. The molecular formula is C15H9Cl3N4O. The van der Waals surface area contributed by atoms with Gasteiger partial charge in [0.25, 0.3) is 5.91 Å². The number of carbonyl (C=O) groups excluding carboxylic acids is 1. The first kappa shape index (κ1) is 15.8.